The fraction of sp³-hybridized carbons (Fsp3) is 0. The first-order chi connectivity index (χ1) is 8.54. The van der Waals surface area contributed by atoms with Crippen LogP contribution in [0.4, 0.5) is 14.6 Å². The van der Waals surface area contributed by atoms with Crippen LogP contribution in [0.5, 0.6) is 0 Å². The van der Waals surface area contributed by atoms with Gasteiger partial charge in [-0.25, -0.2) is 13.8 Å². The van der Waals surface area contributed by atoms with E-state index in [2.05, 4.69) is 10.3 Å². The Kier molecular flexibility index (Phi) is 3.53. The zero-order chi connectivity index (χ0) is 13.1. The highest BCUT2D eigenvalue weighted by Gasteiger charge is 2.10. The van der Waals surface area contributed by atoms with Crippen molar-refractivity contribution in [2.75, 3.05) is 5.32 Å². The highest BCUT2D eigenvalue weighted by Crippen LogP contribution is 2.14. The predicted octanol–water partition coefficient (Wildman–Crippen LogP) is 3.27. The highest BCUT2D eigenvalue weighted by atomic mass is 35.5. The molecule has 18 heavy (non-hydrogen) atoms. The van der Waals surface area contributed by atoms with Crippen molar-refractivity contribution in [3.05, 3.63) is 58.7 Å². The number of halogens is 3. The van der Waals surface area contributed by atoms with Crippen LogP contribution < -0.4 is 5.32 Å². The number of amides is 1. The lowest BCUT2D eigenvalue weighted by molar-refractivity contribution is 0.102. The Morgan fingerprint density at radius 3 is 2.44 bits per heavy atom. The van der Waals surface area contributed by atoms with E-state index in [0.29, 0.717) is 11.1 Å². The fourth-order valence-corrected chi connectivity index (χ4v) is 1.51. The van der Waals surface area contributed by atoms with Crippen LogP contribution in [0.25, 0.3) is 0 Å². The van der Waals surface area contributed by atoms with Crippen LogP contribution in [-0.4, -0.2) is 10.9 Å². The summed E-state index contributed by atoms with van der Waals surface area (Å²) in [5.74, 6) is -2.10. The third kappa shape index (κ3) is 3.01. The largest absolute Gasteiger partial charge is 0.307 e. The summed E-state index contributed by atoms with van der Waals surface area (Å²) in [6.07, 6.45) is 1.41. The Balaban J connectivity index is 2.22. The molecule has 2 aromatic rings. The molecule has 92 valence electrons. The number of rotatable bonds is 2. The molecule has 1 aromatic heterocycles. The summed E-state index contributed by atoms with van der Waals surface area (Å²) in [5.41, 5.74) is -0.130. The number of anilines is 1. The Morgan fingerprint density at radius 1 is 1.17 bits per heavy atom. The molecule has 2 rings (SSSR count). The highest BCUT2D eigenvalue weighted by molar-refractivity contribution is 6.30. The molecule has 1 N–H and O–H groups in total. The molecule has 0 unspecified atom stereocenters. The minimum absolute atomic E-state index is 0.130. The molecule has 1 amide bonds. The van der Waals surface area contributed by atoms with Crippen LogP contribution in [-0.2, 0) is 0 Å². The SMILES string of the molecule is O=C(Nc1cc(Cl)ccn1)c1cc(F)cc(F)c1. The molecule has 0 aliphatic carbocycles. The summed E-state index contributed by atoms with van der Waals surface area (Å²) in [4.78, 5) is 15.5. The number of nitrogens with one attached hydrogen (secondary N) is 1. The quantitative estimate of drug-likeness (QED) is 0.908. The summed E-state index contributed by atoms with van der Waals surface area (Å²) >= 11 is 5.71. The van der Waals surface area contributed by atoms with Crippen molar-refractivity contribution in [3.8, 4) is 0 Å². The van der Waals surface area contributed by atoms with Gasteiger partial charge in [-0.15, -0.1) is 0 Å². The average Bonchev–Trinajstić information content (AvgIpc) is 2.27. The first-order valence-electron chi connectivity index (χ1n) is 4.93. The minimum atomic E-state index is -0.820. The van der Waals surface area contributed by atoms with Crippen molar-refractivity contribution in [2.24, 2.45) is 0 Å². The lowest BCUT2D eigenvalue weighted by Crippen LogP contribution is -2.13. The van der Waals surface area contributed by atoms with Gasteiger partial charge in [0.2, 0.25) is 0 Å². The van der Waals surface area contributed by atoms with Crippen molar-refractivity contribution >= 4 is 23.3 Å². The van der Waals surface area contributed by atoms with Crippen LogP contribution in [0.1, 0.15) is 10.4 Å². The number of carbonyl (C=O) groups excluding carboxylic acids is 1. The van der Waals surface area contributed by atoms with Gasteiger partial charge in [0.05, 0.1) is 0 Å². The summed E-state index contributed by atoms with van der Waals surface area (Å²) in [7, 11) is 0. The molecular weight excluding hydrogens is 262 g/mol. The molecule has 0 spiro atoms. The summed E-state index contributed by atoms with van der Waals surface area (Å²) in [6, 6.07) is 5.52. The van der Waals surface area contributed by atoms with Crippen LogP contribution in [0.3, 0.4) is 0 Å². The summed E-state index contributed by atoms with van der Waals surface area (Å²) < 4.78 is 25.9. The van der Waals surface area contributed by atoms with E-state index in [4.69, 9.17) is 11.6 Å². The predicted molar refractivity (Wildman–Crippen MR) is 63.6 cm³/mol. The van der Waals surface area contributed by atoms with Crippen LogP contribution in [0.15, 0.2) is 36.5 Å². The van der Waals surface area contributed by atoms with Crippen LogP contribution in [0, 0.1) is 11.6 Å². The number of hydrogen-bond donors (Lipinski definition) is 1. The van der Waals surface area contributed by atoms with Crippen LogP contribution >= 0.6 is 11.6 Å². The number of aromatic nitrogens is 1. The molecule has 6 heteroatoms. The van der Waals surface area contributed by atoms with E-state index < -0.39 is 17.5 Å². The molecular formula is C12H7ClF2N2O. The van der Waals surface area contributed by atoms with E-state index in [1.54, 1.807) is 6.07 Å². The van der Waals surface area contributed by atoms with Gasteiger partial charge in [0.25, 0.3) is 5.91 Å². The first-order valence-corrected chi connectivity index (χ1v) is 5.31. The fourth-order valence-electron chi connectivity index (χ4n) is 1.35. The average molecular weight is 269 g/mol. The normalized spacial score (nSPS) is 10.2. The first kappa shape index (κ1) is 12.4. The zero-order valence-electron chi connectivity index (χ0n) is 8.95. The van der Waals surface area contributed by atoms with E-state index in [-0.39, 0.29) is 11.4 Å². The van der Waals surface area contributed by atoms with E-state index in [1.807, 2.05) is 0 Å². The maximum absolute atomic E-state index is 12.9. The van der Waals surface area contributed by atoms with Crippen molar-refractivity contribution in [1.82, 2.24) is 4.98 Å². The lowest BCUT2D eigenvalue weighted by atomic mass is 10.2. The van der Waals surface area contributed by atoms with Gasteiger partial charge in [-0.3, -0.25) is 4.79 Å². The second-order valence-electron chi connectivity index (χ2n) is 3.47. The van der Waals surface area contributed by atoms with E-state index in [0.717, 1.165) is 12.1 Å². The molecule has 3 nitrogen and oxygen atoms in total. The Hall–Kier alpha value is -2.01. The van der Waals surface area contributed by atoms with Crippen molar-refractivity contribution in [3.63, 3.8) is 0 Å². The molecule has 0 bridgehead atoms. The number of pyridine rings is 1. The van der Waals surface area contributed by atoms with Gasteiger partial charge >= 0.3 is 0 Å². The van der Waals surface area contributed by atoms with Crippen LogP contribution in [0.2, 0.25) is 5.02 Å². The van der Waals surface area contributed by atoms with Crippen molar-refractivity contribution < 1.29 is 13.6 Å². The standard InChI is InChI=1S/C12H7ClF2N2O/c13-8-1-2-16-11(5-8)17-12(18)7-3-9(14)6-10(15)4-7/h1-6H,(H,16,17,18). The van der Waals surface area contributed by atoms with Gasteiger partial charge in [0.1, 0.15) is 17.5 Å². The Bertz CT molecular complexity index is 584. The van der Waals surface area contributed by atoms with Crippen molar-refractivity contribution in [2.45, 2.75) is 0 Å². The molecule has 0 saturated carbocycles. The molecule has 0 aliphatic rings. The molecule has 1 aromatic carbocycles. The monoisotopic (exact) mass is 268 g/mol. The maximum Gasteiger partial charge on any atom is 0.257 e. The molecule has 0 saturated heterocycles. The lowest BCUT2D eigenvalue weighted by Gasteiger charge is -2.04. The summed E-state index contributed by atoms with van der Waals surface area (Å²) in [5, 5.41) is 2.78. The zero-order valence-corrected chi connectivity index (χ0v) is 9.71. The third-order valence-electron chi connectivity index (χ3n) is 2.09. The molecule has 1 heterocycles. The summed E-state index contributed by atoms with van der Waals surface area (Å²) in [6.45, 7) is 0. The number of carbonyl (C=O) groups is 1. The van der Waals surface area contributed by atoms with E-state index in [1.165, 1.54) is 12.3 Å². The minimum Gasteiger partial charge on any atom is -0.307 e. The van der Waals surface area contributed by atoms with Gasteiger partial charge in [0, 0.05) is 22.8 Å². The molecule has 0 aliphatic heterocycles. The van der Waals surface area contributed by atoms with Gasteiger partial charge in [-0.1, -0.05) is 11.6 Å². The van der Waals surface area contributed by atoms with Gasteiger partial charge < -0.3 is 5.32 Å². The Morgan fingerprint density at radius 2 is 1.83 bits per heavy atom. The topological polar surface area (TPSA) is 42.0 Å². The second-order valence-corrected chi connectivity index (χ2v) is 3.91. The van der Waals surface area contributed by atoms with Gasteiger partial charge in [-0.2, -0.15) is 0 Å². The second kappa shape index (κ2) is 5.10. The molecule has 0 atom stereocenters. The molecule has 0 radical (unpaired) electrons. The smallest absolute Gasteiger partial charge is 0.257 e. The van der Waals surface area contributed by atoms with Gasteiger partial charge in [-0.05, 0) is 24.3 Å². The molecule has 0 fully saturated rings. The van der Waals surface area contributed by atoms with Gasteiger partial charge in [0.15, 0.2) is 0 Å². The Labute approximate surface area is 106 Å². The maximum atomic E-state index is 12.9. The number of benzene rings is 1. The van der Waals surface area contributed by atoms with Crippen molar-refractivity contribution in [1.29, 1.82) is 0 Å². The van der Waals surface area contributed by atoms with E-state index >= 15 is 0 Å². The third-order valence-corrected chi connectivity index (χ3v) is 2.32. The van der Waals surface area contributed by atoms with E-state index in [9.17, 15) is 13.6 Å². The number of nitrogens with zero attached hydrogens (tertiary/aromatic N) is 1. The number of hydrogen-bond acceptors (Lipinski definition) is 2.